The number of rotatable bonds is 9. The third-order valence-corrected chi connectivity index (χ3v) is 8.35. The molecule has 1 aliphatic rings. The first-order valence-corrected chi connectivity index (χ1v) is 14.3. The summed E-state index contributed by atoms with van der Waals surface area (Å²) in [5.41, 5.74) is -1.15. The molecule has 1 saturated heterocycles. The van der Waals surface area contributed by atoms with Gasteiger partial charge < -0.3 is 20.5 Å². The van der Waals surface area contributed by atoms with Crippen molar-refractivity contribution in [1.29, 1.82) is 0 Å². The summed E-state index contributed by atoms with van der Waals surface area (Å²) < 4.78 is 37.3. The van der Waals surface area contributed by atoms with Crippen molar-refractivity contribution in [3.63, 3.8) is 0 Å². The Labute approximate surface area is 259 Å². The third kappa shape index (κ3) is 6.39. The highest BCUT2D eigenvalue weighted by Gasteiger charge is 2.60. The molecule has 4 atom stereocenters. The monoisotopic (exact) mass is 631 g/mol. The third-order valence-electron chi connectivity index (χ3n) is 7.82. The second-order valence-electron chi connectivity index (χ2n) is 11.8. The van der Waals surface area contributed by atoms with Crippen molar-refractivity contribution < 1.29 is 28.2 Å². The van der Waals surface area contributed by atoms with E-state index in [1.807, 2.05) is 20.8 Å². The number of amides is 1. The van der Waals surface area contributed by atoms with Crippen LogP contribution in [0.3, 0.4) is 0 Å². The van der Waals surface area contributed by atoms with Gasteiger partial charge in [0.2, 0.25) is 5.91 Å². The van der Waals surface area contributed by atoms with Crippen molar-refractivity contribution in [2.45, 2.75) is 50.6 Å². The molecule has 3 N–H and O–H groups in total. The number of carboxylic acid groups (broad SMARTS) is 1. The maximum atomic E-state index is 16.0. The van der Waals surface area contributed by atoms with Gasteiger partial charge in [-0.25, -0.2) is 13.6 Å². The van der Waals surface area contributed by atoms with Crippen LogP contribution in [-0.4, -0.2) is 49.4 Å². The molecule has 3 aromatic rings. The number of aliphatic imine (C=N–C) groups is 1. The van der Waals surface area contributed by atoms with Gasteiger partial charge >= 0.3 is 5.97 Å². The van der Waals surface area contributed by atoms with E-state index in [0.717, 1.165) is 0 Å². The van der Waals surface area contributed by atoms with E-state index in [1.165, 1.54) is 43.5 Å². The lowest BCUT2D eigenvalue weighted by Crippen LogP contribution is -2.48. The molecule has 1 fully saturated rings. The van der Waals surface area contributed by atoms with Crippen LogP contribution in [0.4, 0.5) is 14.5 Å². The molecule has 3 aromatic carbocycles. The van der Waals surface area contributed by atoms with Crippen molar-refractivity contribution in [2.75, 3.05) is 19.0 Å². The molecule has 1 amide bonds. The van der Waals surface area contributed by atoms with Crippen LogP contribution < -0.4 is 15.4 Å². The van der Waals surface area contributed by atoms with Crippen LogP contribution in [0.5, 0.6) is 5.75 Å². The Balaban J connectivity index is 1.97. The quantitative estimate of drug-likeness (QED) is 0.218. The number of aromatic carboxylic acids is 1. The van der Waals surface area contributed by atoms with E-state index < -0.39 is 46.9 Å². The number of nitrogens with zero attached hydrogens (tertiary/aromatic N) is 1. The summed E-state index contributed by atoms with van der Waals surface area (Å²) in [5.74, 6) is -4.02. The first-order chi connectivity index (χ1) is 20.2. The summed E-state index contributed by atoms with van der Waals surface area (Å²) >= 11 is 12.4. The summed E-state index contributed by atoms with van der Waals surface area (Å²) in [4.78, 5) is 29.9. The number of hydrogen-bond acceptors (Lipinski definition) is 5. The molecule has 4 rings (SSSR count). The van der Waals surface area contributed by atoms with E-state index in [1.54, 1.807) is 18.2 Å². The van der Waals surface area contributed by atoms with Crippen molar-refractivity contribution in [2.24, 2.45) is 10.4 Å². The number of ether oxygens (including phenoxy) is 1. The molecule has 228 valence electrons. The average Bonchev–Trinajstić information content (AvgIpc) is 3.23. The van der Waals surface area contributed by atoms with Crippen LogP contribution >= 0.6 is 23.2 Å². The fraction of sp³-hybridized carbons (Fsp3) is 0.344. The number of benzene rings is 3. The molecular formula is C32H33Cl2F2N3O4. The van der Waals surface area contributed by atoms with E-state index in [2.05, 4.69) is 22.3 Å². The number of carbonyl (C=O) groups excluding carboxylic acids is 1. The Morgan fingerprint density at radius 1 is 1.14 bits per heavy atom. The molecule has 43 heavy (non-hydrogen) atoms. The average molecular weight is 633 g/mol. The standard InChI is InChI=1S/C32H33Cl2F2N3O4/c1-31(2,3)15-25-32(16-37-4,20-11-10-18(33)14-22(20)35)26(19-7-6-8-21(34)27(19)36)28(39-25)29(40)38-23-12-9-17(30(41)42)13-24(23)43-5/h6-14,25-26,28,39H,4,15-16H2,1-3,5H3,(H,38,40)(H,41,42)/t25-,26-,28+,32-/m0/s1. The molecular weight excluding hydrogens is 599 g/mol. The van der Waals surface area contributed by atoms with Crippen LogP contribution in [0.2, 0.25) is 10.0 Å². The first kappa shape index (κ1) is 32.4. The second kappa shape index (κ2) is 12.6. The number of hydrogen-bond donors (Lipinski definition) is 3. The van der Waals surface area contributed by atoms with Gasteiger partial charge in [-0.05, 0) is 66.1 Å². The molecule has 0 aromatic heterocycles. The summed E-state index contributed by atoms with van der Waals surface area (Å²) in [5, 5.41) is 15.6. The van der Waals surface area contributed by atoms with Gasteiger partial charge in [0, 0.05) is 22.4 Å². The lowest BCUT2D eigenvalue weighted by atomic mass is 9.61. The molecule has 7 nitrogen and oxygen atoms in total. The van der Waals surface area contributed by atoms with Crippen LogP contribution in [0, 0.1) is 17.0 Å². The van der Waals surface area contributed by atoms with E-state index in [4.69, 9.17) is 27.9 Å². The summed E-state index contributed by atoms with van der Waals surface area (Å²) in [6.45, 7) is 9.68. The van der Waals surface area contributed by atoms with Crippen LogP contribution in [0.15, 0.2) is 59.6 Å². The summed E-state index contributed by atoms with van der Waals surface area (Å²) in [6, 6.07) is 11.1. The fourth-order valence-corrected chi connectivity index (χ4v) is 6.45. The van der Waals surface area contributed by atoms with Gasteiger partial charge in [-0.1, -0.05) is 62.2 Å². The van der Waals surface area contributed by atoms with Gasteiger partial charge in [0.25, 0.3) is 0 Å². The van der Waals surface area contributed by atoms with E-state index in [-0.39, 0.29) is 50.1 Å². The SMILES string of the molecule is C=NC[C@]1(c2ccc(Cl)cc2F)[C@H](CC(C)(C)C)N[C@@H](C(=O)Nc2ccc(C(=O)O)cc2OC)[C@@H]1c1cccc(Cl)c1F. The maximum Gasteiger partial charge on any atom is 0.335 e. The number of nitrogens with one attached hydrogen (secondary N) is 2. The maximum absolute atomic E-state index is 16.0. The van der Waals surface area contributed by atoms with Gasteiger partial charge in [0.1, 0.15) is 17.4 Å². The zero-order valence-corrected chi connectivity index (χ0v) is 25.7. The topological polar surface area (TPSA) is 100 Å². The Morgan fingerprint density at radius 3 is 2.47 bits per heavy atom. The highest BCUT2D eigenvalue weighted by atomic mass is 35.5. The number of carboxylic acids is 1. The predicted octanol–water partition coefficient (Wildman–Crippen LogP) is 7.12. The number of anilines is 1. The first-order valence-electron chi connectivity index (χ1n) is 13.5. The van der Waals surface area contributed by atoms with E-state index in [0.29, 0.717) is 6.42 Å². The minimum Gasteiger partial charge on any atom is -0.495 e. The van der Waals surface area contributed by atoms with E-state index >= 15 is 8.78 Å². The van der Waals surface area contributed by atoms with Gasteiger partial charge in [-0.2, -0.15) is 0 Å². The minimum atomic E-state index is -1.31. The molecule has 0 aliphatic carbocycles. The Morgan fingerprint density at radius 2 is 1.86 bits per heavy atom. The van der Waals surface area contributed by atoms with Crippen LogP contribution in [-0.2, 0) is 10.2 Å². The van der Waals surface area contributed by atoms with Gasteiger partial charge in [-0.15, -0.1) is 0 Å². The molecule has 0 unspecified atom stereocenters. The van der Waals surface area contributed by atoms with Crippen molar-refractivity contribution >= 4 is 47.5 Å². The lowest BCUT2D eigenvalue weighted by Gasteiger charge is -2.42. The Kier molecular flexibility index (Phi) is 9.49. The van der Waals surface area contributed by atoms with Crippen molar-refractivity contribution in [3.8, 4) is 5.75 Å². The second-order valence-corrected chi connectivity index (χ2v) is 12.7. The summed E-state index contributed by atoms with van der Waals surface area (Å²) in [7, 11) is 1.35. The molecule has 1 aliphatic heterocycles. The van der Waals surface area contributed by atoms with E-state index in [9.17, 15) is 14.7 Å². The molecule has 11 heteroatoms. The molecule has 1 heterocycles. The normalized spacial score (nSPS) is 21.8. The summed E-state index contributed by atoms with van der Waals surface area (Å²) in [6.07, 6.45) is 0.448. The van der Waals surface area contributed by atoms with Gasteiger partial charge in [-0.3, -0.25) is 9.79 Å². The Hall–Kier alpha value is -3.53. The molecule has 0 radical (unpaired) electrons. The molecule has 0 bridgehead atoms. The number of carbonyl (C=O) groups is 2. The predicted molar refractivity (Wildman–Crippen MR) is 165 cm³/mol. The zero-order valence-electron chi connectivity index (χ0n) is 24.2. The highest BCUT2D eigenvalue weighted by Crippen LogP contribution is 2.53. The largest absolute Gasteiger partial charge is 0.495 e. The Bertz CT molecular complexity index is 1560. The smallest absolute Gasteiger partial charge is 0.335 e. The molecule has 0 saturated carbocycles. The number of methoxy groups -OCH3 is 1. The minimum absolute atomic E-state index is 0.0350. The number of halogens is 4. The van der Waals surface area contributed by atoms with Crippen LogP contribution in [0.25, 0.3) is 0 Å². The lowest BCUT2D eigenvalue weighted by molar-refractivity contribution is -0.118. The van der Waals surface area contributed by atoms with Gasteiger partial charge in [0.15, 0.2) is 0 Å². The van der Waals surface area contributed by atoms with Crippen molar-refractivity contribution in [3.05, 3.63) is 93.0 Å². The van der Waals surface area contributed by atoms with Gasteiger partial charge in [0.05, 0.1) is 36.0 Å². The fourth-order valence-electron chi connectivity index (χ4n) is 6.11. The zero-order chi connectivity index (χ0) is 31.7. The van der Waals surface area contributed by atoms with Crippen molar-refractivity contribution in [1.82, 2.24) is 5.32 Å². The molecule has 0 spiro atoms. The highest BCUT2D eigenvalue weighted by molar-refractivity contribution is 6.31. The van der Waals surface area contributed by atoms with Crippen LogP contribution in [0.1, 0.15) is 54.6 Å².